The Kier molecular flexibility index (Phi) is 8.09. The molecule has 1 aromatic rings. The molecule has 0 aromatic carbocycles. The van der Waals surface area contributed by atoms with E-state index in [2.05, 4.69) is 20.8 Å². The number of carboxylic acid groups (broad SMARTS) is 1. The molecular formula is C17H28N8O5. The van der Waals surface area contributed by atoms with Crippen LogP contribution in [0.25, 0.3) is 0 Å². The first-order chi connectivity index (χ1) is 14.2. The van der Waals surface area contributed by atoms with Crippen LogP contribution in [0.15, 0.2) is 4.52 Å². The van der Waals surface area contributed by atoms with Gasteiger partial charge in [-0.3, -0.25) is 15.0 Å². The molecule has 1 aliphatic heterocycles. The number of hydrogen-bond donors (Lipinski definition) is 6. The fraction of sp³-hybridized carbons (Fsp3) is 0.647. The van der Waals surface area contributed by atoms with Gasteiger partial charge in [0.2, 0.25) is 5.89 Å². The van der Waals surface area contributed by atoms with Crippen molar-refractivity contribution in [2.45, 2.75) is 57.2 Å². The van der Waals surface area contributed by atoms with Crippen molar-refractivity contribution in [1.82, 2.24) is 25.7 Å². The van der Waals surface area contributed by atoms with Crippen LogP contribution in [0.3, 0.4) is 0 Å². The summed E-state index contributed by atoms with van der Waals surface area (Å²) in [6.45, 7) is 2.31. The summed E-state index contributed by atoms with van der Waals surface area (Å²) in [5, 5.41) is 25.3. The van der Waals surface area contributed by atoms with Crippen molar-refractivity contribution in [3.8, 4) is 0 Å². The average Bonchev–Trinajstić information content (AvgIpc) is 3.32. The molecule has 30 heavy (non-hydrogen) atoms. The maximum Gasteiger partial charge on any atom is 0.318 e. The van der Waals surface area contributed by atoms with E-state index >= 15 is 0 Å². The third-order valence-corrected chi connectivity index (χ3v) is 4.75. The molecule has 1 aliphatic rings. The Morgan fingerprint density at radius 1 is 1.43 bits per heavy atom. The molecule has 2 amide bonds. The lowest BCUT2D eigenvalue weighted by atomic mass is 10.1. The minimum atomic E-state index is -1.10. The van der Waals surface area contributed by atoms with Crippen molar-refractivity contribution in [3.05, 3.63) is 11.7 Å². The van der Waals surface area contributed by atoms with Gasteiger partial charge < -0.3 is 36.6 Å². The van der Waals surface area contributed by atoms with Gasteiger partial charge in [-0.1, -0.05) is 5.16 Å². The van der Waals surface area contributed by atoms with Crippen LogP contribution in [-0.4, -0.2) is 63.0 Å². The maximum absolute atomic E-state index is 12.8. The summed E-state index contributed by atoms with van der Waals surface area (Å²) in [6, 6.07) is -2.52. The Hall–Kier alpha value is -3.22. The predicted octanol–water partition coefficient (Wildman–Crippen LogP) is -0.389. The first-order valence-corrected chi connectivity index (χ1v) is 9.65. The maximum atomic E-state index is 12.8. The highest BCUT2D eigenvalue weighted by atomic mass is 16.5. The summed E-state index contributed by atoms with van der Waals surface area (Å²) in [4.78, 5) is 41.0. The number of rotatable bonds is 10. The largest absolute Gasteiger partial charge is 0.481 e. The van der Waals surface area contributed by atoms with Gasteiger partial charge in [0, 0.05) is 13.1 Å². The number of guanidine groups is 1. The lowest BCUT2D eigenvalue weighted by Crippen LogP contribution is -2.46. The van der Waals surface area contributed by atoms with Gasteiger partial charge >= 0.3 is 12.0 Å². The number of carbonyl (C=O) groups excluding carboxylic acids is 2. The monoisotopic (exact) mass is 424 g/mol. The fourth-order valence-electron chi connectivity index (χ4n) is 3.27. The summed E-state index contributed by atoms with van der Waals surface area (Å²) in [6.07, 6.45) is 1.87. The van der Waals surface area contributed by atoms with Crippen LogP contribution >= 0.6 is 0 Å². The first kappa shape index (κ1) is 23.1. The zero-order valence-electron chi connectivity index (χ0n) is 16.8. The molecule has 1 saturated heterocycles. The Bertz CT molecular complexity index is 782. The minimum absolute atomic E-state index is 0.0243. The van der Waals surface area contributed by atoms with Gasteiger partial charge in [-0.25, -0.2) is 4.79 Å². The molecule has 2 rings (SSSR count). The summed E-state index contributed by atoms with van der Waals surface area (Å²) in [7, 11) is 0. The number of aliphatic carboxylic acids is 1. The third kappa shape index (κ3) is 6.40. The van der Waals surface area contributed by atoms with E-state index in [4.69, 9.17) is 26.5 Å². The topological polar surface area (TPSA) is 214 Å². The highest BCUT2D eigenvalue weighted by molar-refractivity contribution is 5.87. The number of ketones is 1. The van der Waals surface area contributed by atoms with Crippen molar-refractivity contribution in [1.29, 1.82) is 5.41 Å². The number of Topliss-reactive ketones (excluding diaryl/α,β-unsaturated/α-hetero) is 1. The summed E-state index contributed by atoms with van der Waals surface area (Å²) in [5.41, 5.74) is 11.0. The van der Waals surface area contributed by atoms with E-state index in [-0.39, 0.29) is 29.9 Å². The van der Waals surface area contributed by atoms with Crippen LogP contribution in [0.5, 0.6) is 0 Å². The Labute approximate surface area is 173 Å². The van der Waals surface area contributed by atoms with Crippen LogP contribution in [0, 0.1) is 5.41 Å². The number of amides is 2. The molecule has 1 fully saturated rings. The van der Waals surface area contributed by atoms with E-state index in [1.54, 1.807) is 0 Å². The lowest BCUT2D eigenvalue weighted by molar-refractivity contribution is -0.137. The molecule has 1 aromatic heterocycles. The molecule has 0 aliphatic carbocycles. The van der Waals surface area contributed by atoms with Gasteiger partial charge in [0.1, 0.15) is 6.04 Å². The molecule has 3 atom stereocenters. The molecule has 0 radical (unpaired) electrons. The second kappa shape index (κ2) is 10.5. The third-order valence-electron chi connectivity index (χ3n) is 4.75. The van der Waals surface area contributed by atoms with E-state index in [0.29, 0.717) is 32.4 Å². The molecule has 0 bridgehead atoms. The van der Waals surface area contributed by atoms with Crippen LogP contribution < -0.4 is 22.1 Å². The van der Waals surface area contributed by atoms with Gasteiger partial charge in [0.15, 0.2) is 17.6 Å². The van der Waals surface area contributed by atoms with Crippen LogP contribution in [0.4, 0.5) is 4.79 Å². The number of nitrogens with two attached hydrogens (primary N) is 2. The van der Waals surface area contributed by atoms with Gasteiger partial charge in [0.25, 0.3) is 0 Å². The Morgan fingerprint density at radius 3 is 2.80 bits per heavy atom. The van der Waals surface area contributed by atoms with E-state index < -0.39 is 30.1 Å². The standard InChI is InChI=1S/C17H28N8O5/c1-9(26)12-5-3-7-25(12)17(29)22-11(4-2-6-21-16(19)20)15-23-14(24-30-15)10(18)8-13(27)28/h10-12H,2-8,18H2,1H3,(H,22,29)(H,27,28)(H4,19,20,21)/t10-,11-,12?/m0/s1. The number of aromatic nitrogens is 2. The number of carboxylic acids is 1. The SMILES string of the molecule is CC(=O)C1CCCN1C(=O)N[C@@H](CCCNC(=N)N)c1nc([C@@H](N)CC(=O)O)no1. The molecule has 166 valence electrons. The molecule has 0 spiro atoms. The number of carbonyl (C=O) groups is 3. The summed E-state index contributed by atoms with van der Waals surface area (Å²) in [5.74, 6) is -1.24. The molecule has 1 unspecified atom stereocenters. The van der Waals surface area contributed by atoms with Crippen molar-refractivity contribution < 1.29 is 24.0 Å². The van der Waals surface area contributed by atoms with Crippen LogP contribution in [-0.2, 0) is 9.59 Å². The number of hydrogen-bond acceptors (Lipinski definition) is 8. The van der Waals surface area contributed by atoms with Crippen molar-refractivity contribution in [2.24, 2.45) is 11.5 Å². The first-order valence-electron chi connectivity index (χ1n) is 9.65. The van der Waals surface area contributed by atoms with Crippen LogP contribution in [0.2, 0.25) is 0 Å². The second-order valence-corrected chi connectivity index (χ2v) is 7.14. The predicted molar refractivity (Wildman–Crippen MR) is 104 cm³/mol. The molecule has 13 nitrogen and oxygen atoms in total. The number of nitrogens with one attached hydrogen (secondary N) is 3. The van der Waals surface area contributed by atoms with Crippen LogP contribution in [0.1, 0.15) is 62.8 Å². The zero-order chi connectivity index (χ0) is 22.3. The van der Waals surface area contributed by atoms with Gasteiger partial charge in [-0.05, 0) is 32.6 Å². The molecule has 2 heterocycles. The van der Waals surface area contributed by atoms with E-state index in [1.165, 1.54) is 11.8 Å². The van der Waals surface area contributed by atoms with E-state index in [9.17, 15) is 14.4 Å². The molecule has 13 heteroatoms. The van der Waals surface area contributed by atoms with Gasteiger partial charge in [-0.15, -0.1) is 0 Å². The Morgan fingerprint density at radius 2 is 2.17 bits per heavy atom. The molecule has 8 N–H and O–H groups in total. The Balaban J connectivity index is 2.11. The minimum Gasteiger partial charge on any atom is -0.481 e. The average molecular weight is 424 g/mol. The molecular weight excluding hydrogens is 396 g/mol. The van der Waals surface area contributed by atoms with Crippen molar-refractivity contribution in [2.75, 3.05) is 13.1 Å². The number of nitrogens with zero attached hydrogens (tertiary/aromatic N) is 3. The smallest absolute Gasteiger partial charge is 0.318 e. The number of likely N-dealkylation sites (tertiary alicyclic amines) is 1. The zero-order valence-corrected chi connectivity index (χ0v) is 16.8. The van der Waals surface area contributed by atoms with E-state index in [0.717, 1.165) is 6.42 Å². The number of urea groups is 1. The molecule has 0 saturated carbocycles. The van der Waals surface area contributed by atoms with Crippen molar-refractivity contribution in [3.63, 3.8) is 0 Å². The highest BCUT2D eigenvalue weighted by Gasteiger charge is 2.34. The summed E-state index contributed by atoms with van der Waals surface area (Å²) < 4.78 is 5.22. The fourth-order valence-corrected chi connectivity index (χ4v) is 3.27. The normalized spacial score (nSPS) is 17.9. The van der Waals surface area contributed by atoms with E-state index in [1.807, 2.05) is 0 Å². The second-order valence-electron chi connectivity index (χ2n) is 7.14. The van der Waals surface area contributed by atoms with Gasteiger partial charge in [-0.2, -0.15) is 4.98 Å². The lowest BCUT2D eigenvalue weighted by Gasteiger charge is -2.25. The summed E-state index contributed by atoms with van der Waals surface area (Å²) >= 11 is 0. The quantitative estimate of drug-likeness (QED) is 0.162. The van der Waals surface area contributed by atoms with Crippen molar-refractivity contribution >= 4 is 23.7 Å². The van der Waals surface area contributed by atoms with Gasteiger partial charge in [0.05, 0.1) is 18.5 Å². The highest BCUT2D eigenvalue weighted by Crippen LogP contribution is 2.22.